The molecule has 3 saturated carbocycles. The van der Waals surface area contributed by atoms with E-state index in [1.807, 2.05) is 6.92 Å². The summed E-state index contributed by atoms with van der Waals surface area (Å²) in [5, 5.41) is 157. The maximum atomic E-state index is 14.6. The zero-order valence-electron chi connectivity index (χ0n) is 56.7. The van der Waals surface area contributed by atoms with Crippen molar-refractivity contribution in [2.75, 3.05) is 47.3 Å². The smallest absolute Gasteiger partial charge is 0.314 e. The number of methoxy groups -OCH3 is 2. The Hall–Kier alpha value is -2.24. The molecule has 0 aromatic heterocycles. The molecule has 0 amide bonds. The standard InChI is InChI=1S/C66H106O31/c1-26(2)12-11-17-65(8)54-30(70)20-64(7)29-13-14-36-62(4,5)37(16-18-63(36,6)28(29)15-19-66(54,64)61(82)97-65)92-60-53(47(31(71)24-86-60)94-59-45(79)49(39(73)34(23-69)91-59)95-58-44(78)48(83-9)38(72)33(22-68)90-58)96-57-43(77)42(76)46(27(3)87-57)93-51-41(75)35(25-85-55(51)80)88-52-50(84-10)40(74)32(21-67)89-56(52)81/h15,26-27,29,31-60,67-69,71-81H,11-14,16-25H2,1-10H3/t27-,29-,31-,32-,33-,34-,35-,36+,37+,38-,39-,40-,41+,42-,43-,44-,45-,46-,47+,48+,49+,50+,51-,52-,53-,54-,55-,56-,57+,58+,59+,60+,63-,64+,65+,66-/m1/s1. The summed E-state index contributed by atoms with van der Waals surface area (Å²) in [4.78, 5) is 29.1. The van der Waals surface area contributed by atoms with Crippen molar-refractivity contribution < 1.29 is 152 Å². The number of fused-ring (bicyclic) bond motifs is 4. The van der Waals surface area contributed by atoms with E-state index in [9.17, 15) is 81.1 Å². The normalized spacial score (nSPS) is 52.2. The van der Waals surface area contributed by atoms with Crippen LogP contribution in [0.5, 0.6) is 0 Å². The molecule has 31 heteroatoms. The Labute approximate surface area is 563 Å². The molecule has 97 heavy (non-hydrogen) atoms. The third-order valence-electron chi connectivity index (χ3n) is 24.2. The van der Waals surface area contributed by atoms with Gasteiger partial charge in [0.1, 0.15) is 140 Å². The Kier molecular flexibility index (Phi) is 23.0. The highest BCUT2D eigenvalue weighted by atomic mass is 16.8. The van der Waals surface area contributed by atoms with Gasteiger partial charge in [-0.2, -0.15) is 0 Å². The molecule has 14 N–H and O–H groups in total. The number of hydrogen-bond acceptors (Lipinski definition) is 31. The zero-order chi connectivity index (χ0) is 70.5. The molecule has 7 heterocycles. The monoisotopic (exact) mass is 1390 g/mol. The largest absolute Gasteiger partial charge is 0.458 e. The highest BCUT2D eigenvalue weighted by Gasteiger charge is 2.79. The number of Topliss-reactive ketones (excluding diaryl/α,β-unsaturated/α-hetero) is 1. The molecule has 0 unspecified atom stereocenters. The molecule has 7 aliphatic heterocycles. The first-order chi connectivity index (χ1) is 45.8. The van der Waals surface area contributed by atoms with E-state index in [4.69, 9.17) is 71.1 Å². The van der Waals surface area contributed by atoms with E-state index in [1.165, 1.54) is 26.7 Å². The van der Waals surface area contributed by atoms with Crippen LogP contribution in [0.2, 0.25) is 0 Å². The minimum Gasteiger partial charge on any atom is -0.458 e. The molecule has 36 atom stereocenters. The van der Waals surface area contributed by atoms with Gasteiger partial charge in [0.2, 0.25) is 0 Å². The summed E-state index contributed by atoms with van der Waals surface area (Å²) < 4.78 is 90.5. The predicted molar refractivity (Wildman–Crippen MR) is 325 cm³/mol. The van der Waals surface area contributed by atoms with Gasteiger partial charge in [-0.15, -0.1) is 0 Å². The van der Waals surface area contributed by atoms with Gasteiger partial charge >= 0.3 is 5.97 Å². The Bertz CT molecular complexity index is 2730. The van der Waals surface area contributed by atoms with Gasteiger partial charge in [0.15, 0.2) is 37.7 Å². The van der Waals surface area contributed by atoms with Gasteiger partial charge in [0, 0.05) is 20.6 Å². The van der Waals surface area contributed by atoms with E-state index < -0.39 is 244 Å². The number of allylic oxidation sites excluding steroid dienone is 2. The van der Waals surface area contributed by atoms with E-state index in [2.05, 4.69) is 47.6 Å². The summed E-state index contributed by atoms with van der Waals surface area (Å²) in [5.41, 5.74) is -2.55. The second kappa shape index (κ2) is 29.4. The number of esters is 1. The Morgan fingerprint density at radius 3 is 1.80 bits per heavy atom. The molecule has 11 rings (SSSR count). The maximum Gasteiger partial charge on any atom is 0.314 e. The van der Waals surface area contributed by atoms with Crippen molar-refractivity contribution in [1.29, 1.82) is 0 Å². The minimum atomic E-state index is -2.07. The van der Waals surface area contributed by atoms with E-state index in [-0.39, 0.29) is 30.0 Å². The fourth-order valence-corrected chi connectivity index (χ4v) is 19.0. The second-order valence-corrected chi connectivity index (χ2v) is 30.6. The van der Waals surface area contributed by atoms with Gasteiger partial charge in [-0.3, -0.25) is 9.59 Å². The molecule has 0 radical (unpaired) electrons. The van der Waals surface area contributed by atoms with Crippen LogP contribution in [0.25, 0.3) is 0 Å². The van der Waals surface area contributed by atoms with Crippen LogP contribution in [0.1, 0.15) is 113 Å². The lowest BCUT2D eigenvalue weighted by Crippen LogP contribution is -2.67. The summed E-state index contributed by atoms with van der Waals surface area (Å²) in [6.07, 6.45) is -39.8. The molecule has 0 aromatic carbocycles. The van der Waals surface area contributed by atoms with Crippen LogP contribution in [0, 0.1) is 45.3 Å². The van der Waals surface area contributed by atoms with Crippen LogP contribution < -0.4 is 0 Å². The number of aliphatic hydroxyl groups excluding tert-OH is 14. The van der Waals surface area contributed by atoms with Gasteiger partial charge < -0.3 is 143 Å². The highest BCUT2D eigenvalue weighted by molar-refractivity contribution is 5.99. The van der Waals surface area contributed by atoms with Crippen molar-refractivity contribution in [2.24, 2.45) is 45.3 Å². The molecule has 4 aliphatic carbocycles. The molecule has 0 bridgehead atoms. The number of hydrogen-bond donors (Lipinski definition) is 14. The first kappa shape index (κ1) is 75.9. The van der Waals surface area contributed by atoms with Gasteiger partial charge in [-0.25, -0.2) is 0 Å². The number of carbonyl (C=O) groups is 2. The quantitative estimate of drug-likeness (QED) is 0.0306. The van der Waals surface area contributed by atoms with Crippen molar-refractivity contribution in [3.63, 3.8) is 0 Å². The topological polar surface area (TPSA) is 456 Å². The van der Waals surface area contributed by atoms with Gasteiger partial charge in [-0.1, -0.05) is 59.6 Å². The number of ketones is 1. The summed E-state index contributed by atoms with van der Waals surface area (Å²) in [7, 11) is 2.40. The number of ether oxygens (including phenoxy) is 15. The van der Waals surface area contributed by atoms with Crippen molar-refractivity contribution in [3.8, 4) is 0 Å². The summed E-state index contributed by atoms with van der Waals surface area (Å²) in [6, 6.07) is 0. The number of rotatable bonds is 21. The Balaban J connectivity index is 0.853. The van der Waals surface area contributed by atoms with E-state index >= 15 is 0 Å². The molecule has 7 saturated heterocycles. The van der Waals surface area contributed by atoms with Crippen LogP contribution in [0.4, 0.5) is 0 Å². The summed E-state index contributed by atoms with van der Waals surface area (Å²) >= 11 is 0. The number of carbonyl (C=O) groups excluding carboxylic acids is 2. The molecule has 10 fully saturated rings. The lowest BCUT2D eigenvalue weighted by Gasteiger charge is -2.63. The first-order valence-electron chi connectivity index (χ1n) is 34.4. The molecule has 556 valence electrons. The average Bonchev–Trinajstić information content (AvgIpc) is 1.52. The first-order valence-corrected chi connectivity index (χ1v) is 34.4. The van der Waals surface area contributed by atoms with Crippen LogP contribution in [0.15, 0.2) is 11.6 Å². The maximum absolute atomic E-state index is 14.6. The highest BCUT2D eigenvalue weighted by Crippen LogP contribution is 2.75. The lowest BCUT2D eigenvalue weighted by molar-refractivity contribution is -0.398. The minimum absolute atomic E-state index is 0.0666. The second-order valence-electron chi connectivity index (χ2n) is 30.6. The predicted octanol–water partition coefficient (Wildman–Crippen LogP) is -3.19. The molecule has 1 spiro atoms. The summed E-state index contributed by atoms with van der Waals surface area (Å²) in [5.74, 6) is -0.502. The third-order valence-corrected chi connectivity index (χ3v) is 24.2. The van der Waals surface area contributed by atoms with Crippen LogP contribution in [-0.4, -0.2) is 314 Å². The molecule has 31 nitrogen and oxygen atoms in total. The molecular weight excluding hydrogens is 1290 g/mol. The fourth-order valence-electron chi connectivity index (χ4n) is 19.0. The van der Waals surface area contributed by atoms with Crippen molar-refractivity contribution >= 4 is 11.8 Å². The van der Waals surface area contributed by atoms with E-state index in [0.717, 1.165) is 12.8 Å². The number of cyclic esters (lactones) is 1. The van der Waals surface area contributed by atoms with Crippen LogP contribution in [0.3, 0.4) is 0 Å². The Morgan fingerprint density at radius 2 is 1.16 bits per heavy atom. The zero-order valence-corrected chi connectivity index (χ0v) is 56.7. The molecule has 11 aliphatic rings. The summed E-state index contributed by atoms with van der Waals surface area (Å²) in [6.45, 7) is 12.9. The number of aliphatic hydroxyl groups is 14. The van der Waals surface area contributed by atoms with Gasteiger partial charge in [-0.05, 0) is 92.8 Å². The lowest BCUT2D eigenvalue weighted by atomic mass is 9.41. The van der Waals surface area contributed by atoms with Crippen molar-refractivity contribution in [2.45, 2.75) is 297 Å². The van der Waals surface area contributed by atoms with Gasteiger partial charge in [0.25, 0.3) is 0 Å². The fraction of sp³-hybridized carbons (Fsp3) is 0.939. The Morgan fingerprint density at radius 1 is 0.567 bits per heavy atom. The van der Waals surface area contributed by atoms with E-state index in [1.54, 1.807) is 0 Å². The molecular formula is C66H106O31. The SMILES string of the molecule is CO[C@@H]1[C@@H](O)[C@H](O[C@@H]2[C@@H](O)[C@H](O[C@@H]3[C@@H](O[C@@H]4O[C@H](C)[C@@H](O[C@@H]5[C@@H](O)[C@H](O[C@@H]6[C@@H](OC)[C@H](O)[C@@H](CO)O[C@H]6O)CO[C@H]5O)[C@H](O)[C@H]4O)[C@H](O[C@H]4CC[C@]5(C)C6=CC[C@]78C(=O)O[C@@](C)(CCCC(C)C)[C@H]7C(=O)C[C@@]8(C)[C@@H]6CC[C@H]5C4(C)C)OC[C@H]3O)O[C@H](CO)[C@H]2O)O[C@H](CO)[C@H]1O. The average molecular weight is 1400 g/mol. The van der Waals surface area contributed by atoms with Gasteiger partial charge in [0.05, 0.1) is 56.6 Å². The van der Waals surface area contributed by atoms with Crippen LogP contribution in [-0.2, 0) is 80.6 Å². The van der Waals surface area contributed by atoms with E-state index in [0.29, 0.717) is 44.4 Å². The molecule has 0 aromatic rings. The van der Waals surface area contributed by atoms with Crippen molar-refractivity contribution in [1.82, 2.24) is 0 Å². The third kappa shape index (κ3) is 13.2. The van der Waals surface area contributed by atoms with Crippen LogP contribution >= 0.6 is 0 Å². The van der Waals surface area contributed by atoms with Crippen molar-refractivity contribution in [3.05, 3.63) is 11.6 Å².